The summed E-state index contributed by atoms with van der Waals surface area (Å²) in [5.74, 6) is 3.09. The number of ether oxygens (including phenoxy) is 2. The van der Waals surface area contributed by atoms with Crippen molar-refractivity contribution < 1.29 is 9.47 Å². The number of benzene rings is 2. The Kier molecular flexibility index (Phi) is 4.64. The van der Waals surface area contributed by atoms with Gasteiger partial charge in [-0.05, 0) is 54.2 Å². The van der Waals surface area contributed by atoms with Gasteiger partial charge in [0.2, 0.25) is 0 Å². The average Bonchev–Trinajstić information content (AvgIpc) is 2.93. The van der Waals surface area contributed by atoms with Gasteiger partial charge in [-0.15, -0.1) is 23.5 Å². The highest BCUT2D eigenvalue weighted by Crippen LogP contribution is 2.62. The van der Waals surface area contributed by atoms with Gasteiger partial charge in [-0.25, -0.2) is 0 Å². The van der Waals surface area contributed by atoms with E-state index in [4.69, 9.17) is 9.47 Å². The van der Waals surface area contributed by atoms with Gasteiger partial charge in [-0.2, -0.15) is 0 Å². The average molecular weight is 431 g/mol. The molecule has 0 aliphatic carbocycles. The van der Waals surface area contributed by atoms with E-state index in [1.807, 2.05) is 35.3 Å². The first kappa shape index (κ1) is 19.1. The molecule has 0 aromatic heterocycles. The summed E-state index contributed by atoms with van der Waals surface area (Å²) in [5.41, 5.74) is 2.67. The Morgan fingerprint density at radius 1 is 0.857 bits per heavy atom. The van der Waals surface area contributed by atoms with Gasteiger partial charge in [0.05, 0.1) is 19.6 Å². The molecule has 2 nitrogen and oxygen atoms in total. The van der Waals surface area contributed by atoms with Crippen molar-refractivity contribution in [2.75, 3.05) is 0 Å². The fourth-order valence-electron chi connectivity index (χ4n) is 4.03. The molecule has 28 heavy (non-hydrogen) atoms. The first-order valence-electron chi connectivity index (χ1n) is 9.99. The fourth-order valence-corrected chi connectivity index (χ4v) is 9.05. The van der Waals surface area contributed by atoms with E-state index in [2.05, 4.69) is 71.0 Å². The van der Waals surface area contributed by atoms with Gasteiger partial charge in [-0.1, -0.05) is 51.6 Å². The summed E-state index contributed by atoms with van der Waals surface area (Å²) in [4.78, 5) is 2.23. The molecule has 4 atom stereocenters. The van der Waals surface area contributed by atoms with Gasteiger partial charge in [0.25, 0.3) is 0 Å². The molecule has 0 bridgehead atoms. The third kappa shape index (κ3) is 3.05. The highest BCUT2D eigenvalue weighted by Gasteiger charge is 2.59. The van der Waals surface area contributed by atoms with E-state index in [1.165, 1.54) is 20.9 Å². The molecule has 0 saturated carbocycles. The molecule has 5 heteroatoms. The summed E-state index contributed by atoms with van der Waals surface area (Å²) in [6, 6.07) is 13.4. The highest BCUT2D eigenvalue weighted by molar-refractivity contribution is 8.18. The lowest BCUT2D eigenvalue weighted by molar-refractivity contribution is 0.121. The zero-order valence-electron chi connectivity index (χ0n) is 16.9. The molecule has 3 aliphatic rings. The van der Waals surface area contributed by atoms with Crippen LogP contribution in [0.25, 0.3) is 0 Å². The van der Waals surface area contributed by atoms with Crippen molar-refractivity contribution in [2.24, 2.45) is 0 Å². The fraction of sp³-hybridized carbons (Fsp3) is 0.478. The number of hydrogen-bond donors (Lipinski definition) is 0. The Balaban J connectivity index is 1.47. The van der Waals surface area contributed by atoms with Crippen LogP contribution in [0.3, 0.4) is 0 Å². The molecule has 3 aliphatic heterocycles. The van der Waals surface area contributed by atoms with Gasteiger partial charge >= 0.3 is 0 Å². The van der Waals surface area contributed by atoms with E-state index in [0.717, 1.165) is 11.5 Å². The summed E-state index contributed by atoms with van der Waals surface area (Å²) in [6.07, 6.45) is 0.151. The Labute approximate surface area is 180 Å². The van der Waals surface area contributed by atoms with Crippen molar-refractivity contribution in [3.8, 4) is 11.5 Å². The molecule has 2 aromatic rings. The van der Waals surface area contributed by atoms with E-state index in [0.29, 0.717) is 16.4 Å². The van der Waals surface area contributed by atoms with Gasteiger partial charge in [0, 0.05) is 0 Å². The van der Waals surface area contributed by atoms with E-state index in [9.17, 15) is 0 Å². The minimum atomic E-state index is -0.265. The molecule has 1 saturated heterocycles. The van der Waals surface area contributed by atoms with Gasteiger partial charge in [0.1, 0.15) is 17.6 Å². The molecule has 0 amide bonds. The number of thioether (sulfide) groups is 3. The van der Waals surface area contributed by atoms with Crippen LogP contribution in [0.5, 0.6) is 11.5 Å². The van der Waals surface area contributed by atoms with Crippen LogP contribution in [0.2, 0.25) is 0 Å². The van der Waals surface area contributed by atoms with Crippen LogP contribution in [0.15, 0.2) is 46.2 Å². The van der Waals surface area contributed by atoms with Crippen molar-refractivity contribution in [1.29, 1.82) is 0 Å². The molecule has 3 heterocycles. The highest BCUT2D eigenvalue weighted by atomic mass is 32.2. The molecule has 5 rings (SSSR count). The minimum absolute atomic E-state index is 0.151. The summed E-state index contributed by atoms with van der Waals surface area (Å²) in [6.45, 7) is 11.2. The summed E-state index contributed by atoms with van der Waals surface area (Å²) in [7, 11) is 0. The molecule has 148 valence electrons. The quantitative estimate of drug-likeness (QED) is 0.503. The maximum atomic E-state index is 6.64. The lowest BCUT2D eigenvalue weighted by Gasteiger charge is -2.38. The van der Waals surface area contributed by atoms with Crippen LogP contribution in [0.1, 0.15) is 57.6 Å². The van der Waals surface area contributed by atoms with Crippen LogP contribution < -0.4 is 9.47 Å². The van der Waals surface area contributed by atoms with E-state index >= 15 is 0 Å². The largest absolute Gasteiger partial charge is 0.486 e. The lowest BCUT2D eigenvalue weighted by Crippen LogP contribution is -2.45. The SMILES string of the molecule is CC(C)c1ccc2c(c1)O[C@H]1[C@@H](S2)S[C@@]2(C)Oc3cc(C(C)C)ccc3S[C@@H]12. The zero-order chi connectivity index (χ0) is 19.6. The molecule has 0 unspecified atom stereocenters. The summed E-state index contributed by atoms with van der Waals surface area (Å²) in [5, 5.41) is 0.281. The van der Waals surface area contributed by atoms with Crippen LogP contribution in [0.4, 0.5) is 0 Å². The molecule has 1 fully saturated rings. The van der Waals surface area contributed by atoms with Gasteiger partial charge in [0.15, 0.2) is 4.93 Å². The van der Waals surface area contributed by atoms with E-state index in [1.54, 1.807) is 0 Å². The second-order valence-electron chi connectivity index (χ2n) is 8.56. The topological polar surface area (TPSA) is 18.5 Å². The predicted octanol–water partition coefficient (Wildman–Crippen LogP) is 7.13. The molecule has 0 N–H and O–H groups in total. The van der Waals surface area contributed by atoms with E-state index < -0.39 is 0 Å². The van der Waals surface area contributed by atoms with Crippen molar-refractivity contribution in [1.82, 2.24) is 0 Å². The Bertz CT molecular complexity index is 926. The normalized spacial score (nSPS) is 30.2. The third-order valence-electron chi connectivity index (χ3n) is 5.78. The molecular weight excluding hydrogens is 404 g/mol. The number of rotatable bonds is 2. The van der Waals surface area contributed by atoms with Crippen molar-refractivity contribution in [2.45, 2.75) is 77.1 Å². The van der Waals surface area contributed by atoms with Crippen LogP contribution in [-0.4, -0.2) is 20.9 Å². The Hall–Kier alpha value is -0.910. The zero-order valence-corrected chi connectivity index (χ0v) is 19.3. The summed E-state index contributed by atoms with van der Waals surface area (Å²) < 4.78 is 13.6. The van der Waals surface area contributed by atoms with Crippen molar-refractivity contribution in [3.05, 3.63) is 47.5 Å². The maximum absolute atomic E-state index is 6.64. The monoisotopic (exact) mass is 430 g/mol. The maximum Gasteiger partial charge on any atom is 0.168 e. The second kappa shape index (κ2) is 6.82. The number of hydrogen-bond acceptors (Lipinski definition) is 5. The van der Waals surface area contributed by atoms with Crippen LogP contribution in [-0.2, 0) is 0 Å². The molecule has 0 radical (unpaired) electrons. The first-order valence-corrected chi connectivity index (χ1v) is 12.6. The van der Waals surface area contributed by atoms with E-state index in [-0.39, 0.29) is 16.3 Å². The van der Waals surface area contributed by atoms with Crippen molar-refractivity contribution in [3.63, 3.8) is 0 Å². The Morgan fingerprint density at radius 3 is 2.11 bits per heavy atom. The van der Waals surface area contributed by atoms with Crippen LogP contribution >= 0.6 is 35.3 Å². The Morgan fingerprint density at radius 2 is 1.46 bits per heavy atom. The standard InChI is InChI=1S/C23H26O2S3/c1-12(2)14-6-8-18-16(10-14)24-20-21-23(5,28-22(20)27-18)25-17-11-15(13(3)4)7-9-19(17)26-21/h6-13,20-22H,1-5H3/t20-,21+,22+,23-/m1/s1. The molecular formula is C23H26O2S3. The minimum Gasteiger partial charge on any atom is -0.486 e. The lowest BCUT2D eigenvalue weighted by atomic mass is 10.0. The number of fused-ring (bicyclic) bond motifs is 5. The van der Waals surface area contributed by atoms with Crippen LogP contribution in [0, 0.1) is 0 Å². The summed E-state index contributed by atoms with van der Waals surface area (Å²) >= 11 is 5.81. The second-order valence-corrected chi connectivity index (χ2v) is 12.8. The smallest absolute Gasteiger partial charge is 0.168 e. The molecule has 0 spiro atoms. The molecule has 2 aromatic carbocycles. The predicted molar refractivity (Wildman–Crippen MR) is 121 cm³/mol. The first-order chi connectivity index (χ1) is 13.3. The van der Waals surface area contributed by atoms with Gasteiger partial charge in [-0.3, -0.25) is 0 Å². The van der Waals surface area contributed by atoms with Crippen molar-refractivity contribution >= 4 is 35.3 Å². The third-order valence-corrected chi connectivity index (χ3v) is 10.5. The van der Waals surface area contributed by atoms with Gasteiger partial charge < -0.3 is 9.47 Å².